The van der Waals surface area contributed by atoms with Crippen molar-refractivity contribution in [1.82, 2.24) is 10.2 Å². The van der Waals surface area contributed by atoms with E-state index in [9.17, 15) is 14.0 Å². The highest BCUT2D eigenvalue weighted by molar-refractivity contribution is 7.99. The van der Waals surface area contributed by atoms with Crippen molar-refractivity contribution in [3.8, 4) is 0 Å². The van der Waals surface area contributed by atoms with E-state index < -0.39 is 11.9 Å². The summed E-state index contributed by atoms with van der Waals surface area (Å²) in [6.45, 7) is 4.18. The maximum Gasteiger partial charge on any atom is 0.243 e. The zero-order valence-corrected chi connectivity index (χ0v) is 23.3. The number of nitrogens with one attached hydrogen (secondary N) is 1. The summed E-state index contributed by atoms with van der Waals surface area (Å²) >= 11 is 13.5. The molecule has 2 amide bonds. The fourth-order valence-electron chi connectivity index (χ4n) is 3.78. The number of halogens is 3. The van der Waals surface area contributed by atoms with Crippen LogP contribution in [0, 0.1) is 5.82 Å². The average Bonchev–Trinajstić information content (AvgIpc) is 2.89. The quantitative estimate of drug-likeness (QED) is 0.261. The third kappa shape index (κ3) is 8.77. The molecule has 0 aromatic heterocycles. The zero-order valence-electron chi connectivity index (χ0n) is 20.9. The highest BCUT2D eigenvalue weighted by atomic mass is 35.5. The number of thioether (sulfide) groups is 1. The van der Waals surface area contributed by atoms with Gasteiger partial charge in [-0.25, -0.2) is 4.39 Å². The first-order valence-corrected chi connectivity index (χ1v) is 14.1. The van der Waals surface area contributed by atoms with Crippen LogP contribution in [0.4, 0.5) is 4.39 Å². The van der Waals surface area contributed by atoms with Crippen LogP contribution in [0.3, 0.4) is 0 Å². The summed E-state index contributed by atoms with van der Waals surface area (Å²) in [5.74, 6) is -0.509. The summed E-state index contributed by atoms with van der Waals surface area (Å²) in [4.78, 5) is 28.7. The smallest absolute Gasteiger partial charge is 0.243 e. The predicted octanol–water partition coefficient (Wildman–Crippen LogP) is 6.92. The molecule has 0 aliphatic heterocycles. The van der Waals surface area contributed by atoms with Gasteiger partial charge < -0.3 is 10.2 Å². The van der Waals surface area contributed by atoms with Crippen molar-refractivity contribution in [3.63, 3.8) is 0 Å². The van der Waals surface area contributed by atoms with Gasteiger partial charge in [0, 0.05) is 40.4 Å². The standard InChI is InChI=1S/C29H31Cl2FN2O2S/c1-3-20(2)33-29(36)27(16-21-8-5-4-6-9-21)34(17-22-12-14-23(30)15-13-22)28(35)19-37-18-24-25(31)10-7-11-26(24)32/h4-15,20,27H,3,16-19H2,1-2H3,(H,33,36). The molecule has 3 aromatic carbocycles. The van der Waals surface area contributed by atoms with Gasteiger partial charge >= 0.3 is 0 Å². The van der Waals surface area contributed by atoms with E-state index in [1.807, 2.05) is 56.3 Å². The Morgan fingerprint density at radius 1 is 0.973 bits per heavy atom. The maximum absolute atomic E-state index is 14.2. The summed E-state index contributed by atoms with van der Waals surface area (Å²) < 4.78 is 14.2. The van der Waals surface area contributed by atoms with Crippen LogP contribution in [0.5, 0.6) is 0 Å². The monoisotopic (exact) mass is 560 g/mol. The number of carbonyl (C=O) groups is 2. The fraction of sp³-hybridized carbons (Fsp3) is 0.310. The normalized spacial score (nSPS) is 12.6. The molecule has 0 fully saturated rings. The second-order valence-electron chi connectivity index (χ2n) is 8.86. The molecule has 3 rings (SSSR count). The van der Waals surface area contributed by atoms with Gasteiger partial charge in [-0.1, -0.05) is 78.7 Å². The number of rotatable bonds is 12. The van der Waals surface area contributed by atoms with Crippen LogP contribution < -0.4 is 5.32 Å². The Hall–Kier alpha value is -2.54. The third-order valence-electron chi connectivity index (χ3n) is 6.07. The molecule has 37 heavy (non-hydrogen) atoms. The molecule has 0 radical (unpaired) electrons. The van der Waals surface area contributed by atoms with Crippen LogP contribution in [-0.4, -0.2) is 34.6 Å². The average molecular weight is 562 g/mol. The topological polar surface area (TPSA) is 49.4 Å². The molecule has 2 atom stereocenters. The van der Waals surface area contributed by atoms with E-state index in [0.29, 0.717) is 22.0 Å². The lowest BCUT2D eigenvalue weighted by atomic mass is 10.0. The molecule has 0 bridgehead atoms. The van der Waals surface area contributed by atoms with Crippen molar-refractivity contribution in [1.29, 1.82) is 0 Å². The molecule has 1 N–H and O–H groups in total. The fourth-order valence-corrected chi connectivity index (χ4v) is 5.15. The summed E-state index contributed by atoms with van der Waals surface area (Å²) in [6, 6.07) is 20.6. The van der Waals surface area contributed by atoms with Crippen LogP contribution in [0.1, 0.15) is 37.0 Å². The molecule has 2 unspecified atom stereocenters. The Kier molecular flexibility index (Phi) is 11.3. The Bertz CT molecular complexity index is 1160. The maximum atomic E-state index is 14.2. The van der Waals surface area contributed by atoms with Gasteiger partial charge in [-0.15, -0.1) is 11.8 Å². The minimum absolute atomic E-state index is 0.0316. The van der Waals surface area contributed by atoms with E-state index in [2.05, 4.69) is 5.32 Å². The van der Waals surface area contributed by atoms with Gasteiger partial charge in [0.1, 0.15) is 11.9 Å². The van der Waals surface area contributed by atoms with E-state index in [4.69, 9.17) is 23.2 Å². The first-order chi connectivity index (χ1) is 17.8. The molecule has 3 aromatic rings. The van der Waals surface area contributed by atoms with Crippen LogP contribution in [0.25, 0.3) is 0 Å². The van der Waals surface area contributed by atoms with Crippen LogP contribution in [0.2, 0.25) is 10.0 Å². The highest BCUT2D eigenvalue weighted by Crippen LogP contribution is 2.25. The molecule has 0 spiro atoms. The zero-order chi connectivity index (χ0) is 26.8. The number of hydrogen-bond acceptors (Lipinski definition) is 3. The number of carbonyl (C=O) groups excluding carboxylic acids is 2. The summed E-state index contributed by atoms with van der Waals surface area (Å²) in [5, 5.41) is 3.97. The van der Waals surface area contributed by atoms with Crippen LogP contribution >= 0.6 is 35.0 Å². The first-order valence-electron chi connectivity index (χ1n) is 12.2. The molecular formula is C29H31Cl2FN2O2S. The van der Waals surface area contributed by atoms with Gasteiger partial charge in [0.25, 0.3) is 0 Å². The largest absolute Gasteiger partial charge is 0.352 e. The number of nitrogens with zero attached hydrogens (tertiary/aromatic N) is 1. The molecule has 4 nitrogen and oxygen atoms in total. The van der Waals surface area contributed by atoms with Crippen molar-refractivity contribution in [2.45, 2.75) is 51.1 Å². The van der Waals surface area contributed by atoms with Gasteiger partial charge in [0.05, 0.1) is 5.75 Å². The Morgan fingerprint density at radius 3 is 2.32 bits per heavy atom. The molecule has 0 saturated heterocycles. The Labute approximate surface area is 232 Å². The lowest BCUT2D eigenvalue weighted by Crippen LogP contribution is -2.52. The van der Waals surface area contributed by atoms with E-state index in [-0.39, 0.29) is 35.9 Å². The molecule has 8 heteroatoms. The Morgan fingerprint density at radius 2 is 1.68 bits per heavy atom. The minimum atomic E-state index is -0.725. The molecule has 0 heterocycles. The van der Waals surface area contributed by atoms with E-state index in [1.54, 1.807) is 29.2 Å². The van der Waals surface area contributed by atoms with E-state index >= 15 is 0 Å². The van der Waals surface area contributed by atoms with Crippen molar-refractivity contribution < 1.29 is 14.0 Å². The second kappa shape index (κ2) is 14.4. The van der Waals surface area contributed by atoms with Crippen molar-refractivity contribution in [2.75, 3.05) is 5.75 Å². The minimum Gasteiger partial charge on any atom is -0.352 e. The van der Waals surface area contributed by atoms with Gasteiger partial charge in [-0.3, -0.25) is 9.59 Å². The SMILES string of the molecule is CCC(C)NC(=O)C(Cc1ccccc1)N(Cc1ccc(Cl)cc1)C(=O)CSCc1c(F)cccc1Cl. The summed E-state index contributed by atoms with van der Waals surface area (Å²) in [6.07, 6.45) is 1.14. The van der Waals surface area contributed by atoms with E-state index in [1.165, 1.54) is 17.8 Å². The molecule has 0 aliphatic rings. The summed E-state index contributed by atoms with van der Waals surface area (Å²) in [7, 11) is 0. The van der Waals surface area contributed by atoms with Crippen molar-refractivity contribution in [3.05, 3.63) is 105 Å². The summed E-state index contributed by atoms with van der Waals surface area (Å²) in [5.41, 5.74) is 2.17. The van der Waals surface area contributed by atoms with Gasteiger partial charge in [0.15, 0.2) is 0 Å². The Balaban J connectivity index is 1.87. The molecular weight excluding hydrogens is 530 g/mol. The molecule has 196 valence electrons. The number of amides is 2. The third-order valence-corrected chi connectivity index (χ3v) is 7.62. The van der Waals surface area contributed by atoms with Crippen molar-refractivity contribution in [2.24, 2.45) is 0 Å². The molecule has 0 saturated carbocycles. The van der Waals surface area contributed by atoms with Crippen LogP contribution in [-0.2, 0) is 28.3 Å². The van der Waals surface area contributed by atoms with E-state index in [0.717, 1.165) is 17.5 Å². The van der Waals surface area contributed by atoms with Gasteiger partial charge in [-0.05, 0) is 48.7 Å². The number of benzene rings is 3. The lowest BCUT2D eigenvalue weighted by molar-refractivity contribution is -0.139. The number of hydrogen-bond donors (Lipinski definition) is 1. The van der Waals surface area contributed by atoms with Gasteiger partial charge in [0.2, 0.25) is 11.8 Å². The van der Waals surface area contributed by atoms with Gasteiger partial charge in [-0.2, -0.15) is 0 Å². The highest BCUT2D eigenvalue weighted by Gasteiger charge is 2.31. The van der Waals surface area contributed by atoms with Crippen molar-refractivity contribution >= 4 is 46.8 Å². The van der Waals surface area contributed by atoms with Crippen LogP contribution in [0.15, 0.2) is 72.8 Å². The second-order valence-corrected chi connectivity index (χ2v) is 10.7. The molecule has 0 aliphatic carbocycles. The first kappa shape index (κ1) is 29.0. The lowest BCUT2D eigenvalue weighted by Gasteiger charge is -2.32. The predicted molar refractivity (Wildman–Crippen MR) is 151 cm³/mol.